The van der Waals surface area contributed by atoms with E-state index in [0.717, 1.165) is 114 Å². The van der Waals surface area contributed by atoms with E-state index >= 15 is 0 Å². The maximum absolute atomic E-state index is 13.0. The first kappa shape index (κ1) is 86.1. The summed E-state index contributed by atoms with van der Waals surface area (Å²) in [7, 11) is -9.90. The van der Waals surface area contributed by atoms with Gasteiger partial charge in [0.05, 0.1) is 26.4 Å². The molecule has 17 nitrogen and oxygen atoms in total. The van der Waals surface area contributed by atoms with Crippen molar-refractivity contribution in [3.05, 3.63) is 0 Å². The largest absolute Gasteiger partial charge is 0.472 e. The molecule has 0 aromatic heterocycles. The van der Waals surface area contributed by atoms with Crippen LogP contribution in [0, 0.1) is 17.8 Å². The van der Waals surface area contributed by atoms with Gasteiger partial charge < -0.3 is 33.8 Å². The molecule has 0 aromatic carbocycles. The van der Waals surface area contributed by atoms with Crippen LogP contribution < -0.4 is 0 Å². The summed E-state index contributed by atoms with van der Waals surface area (Å²) < 4.78 is 68.2. The molecule has 4 unspecified atom stereocenters. The summed E-state index contributed by atoms with van der Waals surface area (Å²) >= 11 is 0. The fourth-order valence-corrected chi connectivity index (χ4v) is 11.9. The van der Waals surface area contributed by atoms with E-state index in [-0.39, 0.29) is 25.7 Å². The maximum atomic E-state index is 13.0. The molecule has 0 aliphatic heterocycles. The van der Waals surface area contributed by atoms with Crippen LogP contribution in [0.5, 0.6) is 0 Å². The number of rotatable bonds is 67. The van der Waals surface area contributed by atoms with Gasteiger partial charge in [0, 0.05) is 25.7 Å². The molecule has 0 radical (unpaired) electrons. The van der Waals surface area contributed by atoms with Crippen LogP contribution in [0.4, 0.5) is 0 Å². The molecule has 3 N–H and O–H groups in total. The van der Waals surface area contributed by atoms with Crippen LogP contribution >= 0.6 is 15.6 Å². The lowest BCUT2D eigenvalue weighted by Gasteiger charge is -2.21. The second-order valence-electron chi connectivity index (χ2n) is 25.9. The summed E-state index contributed by atoms with van der Waals surface area (Å²) in [5.74, 6) is 0.150. The topological polar surface area (TPSA) is 237 Å². The summed E-state index contributed by atoms with van der Waals surface area (Å²) in [6.07, 6.45) is 42.9. The highest BCUT2D eigenvalue weighted by Crippen LogP contribution is 2.45. The van der Waals surface area contributed by atoms with Gasteiger partial charge in [-0.05, 0) is 43.4 Å². The monoisotopic (exact) mass is 1300 g/mol. The lowest BCUT2D eigenvalue weighted by Crippen LogP contribution is -2.30. The number of carbonyl (C=O) groups excluding carboxylic acids is 4. The fraction of sp³-hybridized carbons (Fsp3) is 0.942. The van der Waals surface area contributed by atoms with E-state index < -0.39 is 97.5 Å². The predicted molar refractivity (Wildman–Crippen MR) is 354 cm³/mol. The molecular formula is C69H134O17P2. The fourth-order valence-electron chi connectivity index (χ4n) is 10.3. The zero-order chi connectivity index (χ0) is 65.2. The molecule has 0 fully saturated rings. The van der Waals surface area contributed by atoms with E-state index in [1.807, 2.05) is 0 Å². The van der Waals surface area contributed by atoms with Crippen molar-refractivity contribution in [2.75, 3.05) is 39.6 Å². The molecule has 7 atom stereocenters. The van der Waals surface area contributed by atoms with Gasteiger partial charge in [-0.15, -0.1) is 0 Å². The zero-order valence-electron chi connectivity index (χ0n) is 57.2. The van der Waals surface area contributed by atoms with Crippen LogP contribution in [0.2, 0.25) is 0 Å². The zero-order valence-corrected chi connectivity index (χ0v) is 59.0. The minimum atomic E-state index is -4.95. The van der Waals surface area contributed by atoms with Crippen molar-refractivity contribution in [2.24, 2.45) is 17.8 Å². The van der Waals surface area contributed by atoms with Gasteiger partial charge in [0.2, 0.25) is 0 Å². The van der Waals surface area contributed by atoms with E-state index in [0.29, 0.717) is 25.7 Å². The second kappa shape index (κ2) is 60.0. The summed E-state index contributed by atoms with van der Waals surface area (Å²) in [6.45, 7) is 11.8. The smallest absolute Gasteiger partial charge is 0.462 e. The number of hydrogen-bond donors (Lipinski definition) is 3. The van der Waals surface area contributed by atoms with Gasteiger partial charge in [-0.25, -0.2) is 9.13 Å². The SMILES string of the molecule is CCCCCCCCCCCCCCC(=O)O[C@H](COC(=O)CCCCCCCCC(C)CC)COP(=O)(O)OC[C@H](O)COP(=O)(O)OC[C@@H](COC(=O)CCCCCCCCCCCC(C)C)OC(=O)CCCCCCCCCCCCC(C)CC. The van der Waals surface area contributed by atoms with Crippen LogP contribution in [-0.2, 0) is 65.4 Å². The molecule has 0 spiro atoms. The van der Waals surface area contributed by atoms with Crippen molar-refractivity contribution in [3.8, 4) is 0 Å². The van der Waals surface area contributed by atoms with Crippen LogP contribution in [0.25, 0.3) is 0 Å². The Morgan fingerprint density at radius 1 is 0.330 bits per heavy atom. The molecule has 522 valence electrons. The molecule has 0 saturated carbocycles. The van der Waals surface area contributed by atoms with E-state index in [4.69, 9.17) is 37.0 Å². The second-order valence-corrected chi connectivity index (χ2v) is 28.8. The summed E-state index contributed by atoms with van der Waals surface area (Å²) in [5, 5.41) is 10.6. The number of phosphoric ester groups is 2. The first-order valence-corrected chi connectivity index (χ1v) is 38.9. The minimum absolute atomic E-state index is 0.105. The number of hydrogen-bond acceptors (Lipinski definition) is 15. The third-order valence-electron chi connectivity index (χ3n) is 16.6. The van der Waals surface area contributed by atoms with Crippen molar-refractivity contribution in [1.82, 2.24) is 0 Å². The molecule has 0 aromatic rings. The Labute approximate surface area is 537 Å². The summed E-state index contributed by atoms with van der Waals surface area (Å²) in [5.41, 5.74) is 0. The van der Waals surface area contributed by atoms with Crippen LogP contribution in [0.3, 0.4) is 0 Å². The number of aliphatic hydroxyl groups excluding tert-OH is 1. The van der Waals surface area contributed by atoms with Crippen molar-refractivity contribution in [1.29, 1.82) is 0 Å². The van der Waals surface area contributed by atoms with E-state index in [1.54, 1.807) is 0 Å². The van der Waals surface area contributed by atoms with Gasteiger partial charge >= 0.3 is 39.5 Å². The van der Waals surface area contributed by atoms with Gasteiger partial charge in [0.15, 0.2) is 12.2 Å². The van der Waals surface area contributed by atoms with Gasteiger partial charge in [-0.1, -0.05) is 292 Å². The highest BCUT2D eigenvalue weighted by Gasteiger charge is 2.30. The third kappa shape index (κ3) is 60.3. The Hall–Kier alpha value is -1.94. The highest BCUT2D eigenvalue weighted by molar-refractivity contribution is 7.47. The van der Waals surface area contributed by atoms with E-state index in [1.165, 1.54) is 148 Å². The average molecular weight is 1300 g/mol. The number of carbonyl (C=O) groups is 4. The van der Waals surface area contributed by atoms with Crippen LogP contribution in [0.15, 0.2) is 0 Å². The van der Waals surface area contributed by atoms with Crippen molar-refractivity contribution < 1.29 is 80.2 Å². The molecule has 88 heavy (non-hydrogen) atoms. The molecule has 19 heteroatoms. The Balaban J connectivity index is 5.27. The normalized spacial score (nSPS) is 14.9. The van der Waals surface area contributed by atoms with Crippen LogP contribution in [0.1, 0.15) is 344 Å². The van der Waals surface area contributed by atoms with Crippen molar-refractivity contribution in [3.63, 3.8) is 0 Å². The molecule has 0 saturated heterocycles. The highest BCUT2D eigenvalue weighted by atomic mass is 31.2. The lowest BCUT2D eigenvalue weighted by molar-refractivity contribution is -0.161. The first-order valence-electron chi connectivity index (χ1n) is 35.9. The summed E-state index contributed by atoms with van der Waals surface area (Å²) in [4.78, 5) is 72.5. The van der Waals surface area contributed by atoms with Crippen molar-refractivity contribution >= 4 is 39.5 Å². The maximum Gasteiger partial charge on any atom is 0.472 e. The molecule has 0 aliphatic rings. The molecule has 0 aliphatic carbocycles. The van der Waals surface area contributed by atoms with E-state index in [9.17, 15) is 43.2 Å². The number of ether oxygens (including phenoxy) is 4. The number of phosphoric acid groups is 2. The molecule has 0 rings (SSSR count). The van der Waals surface area contributed by atoms with Gasteiger partial charge in [0.25, 0.3) is 0 Å². The predicted octanol–water partition coefficient (Wildman–Crippen LogP) is 19.5. The Kier molecular flexibility index (Phi) is 58.7. The van der Waals surface area contributed by atoms with Gasteiger partial charge in [-0.2, -0.15) is 0 Å². The quantitative estimate of drug-likeness (QED) is 0.0222. The Bertz CT molecular complexity index is 1740. The molecule has 0 amide bonds. The van der Waals surface area contributed by atoms with Gasteiger partial charge in [-0.3, -0.25) is 37.3 Å². The first-order chi connectivity index (χ1) is 42.3. The lowest BCUT2D eigenvalue weighted by atomic mass is 9.99. The summed E-state index contributed by atoms with van der Waals surface area (Å²) in [6, 6.07) is 0. The number of esters is 4. The van der Waals surface area contributed by atoms with Gasteiger partial charge in [0.1, 0.15) is 19.3 Å². The standard InChI is InChI=1S/C69H134O17P2/c1-8-11-12-13-14-15-16-17-23-29-38-45-52-68(73)86-65(57-80-67(72)51-44-37-32-31-35-42-49-62(7)10-3)59-84-88(77,78)82-55-63(70)54-81-87(75,76)83-58-64(56-79-66(71)50-43-36-28-25-20-21-26-33-40-47-60(4)5)85-69(74)53-46-39-30-24-19-18-22-27-34-41-48-61(6)9-2/h60-65,70H,8-59H2,1-7H3,(H,75,76)(H,77,78)/t61?,62?,63-,64-,65-/m1/s1. The van der Waals surface area contributed by atoms with Crippen LogP contribution in [-0.4, -0.2) is 96.7 Å². The van der Waals surface area contributed by atoms with Crippen molar-refractivity contribution in [2.45, 2.75) is 362 Å². The molecule has 0 bridgehead atoms. The molecule has 0 heterocycles. The molecular weight excluding hydrogens is 1160 g/mol. The Morgan fingerprint density at radius 3 is 0.864 bits per heavy atom. The average Bonchev–Trinajstić information content (AvgIpc) is 3.69. The Morgan fingerprint density at radius 2 is 0.580 bits per heavy atom. The van der Waals surface area contributed by atoms with E-state index in [2.05, 4.69) is 48.5 Å². The third-order valence-corrected chi connectivity index (χ3v) is 18.5. The number of aliphatic hydroxyl groups is 1. The minimum Gasteiger partial charge on any atom is -0.462 e. The number of unbranched alkanes of at least 4 members (excludes halogenated alkanes) is 33.